The number of hydrogen-bond donors (Lipinski definition) is 2. The van der Waals surface area contributed by atoms with Gasteiger partial charge in [0.2, 0.25) is 5.95 Å². The van der Waals surface area contributed by atoms with Crippen molar-refractivity contribution in [3.63, 3.8) is 0 Å². The maximum atomic E-state index is 13.6. The zero-order chi connectivity index (χ0) is 24.3. The van der Waals surface area contributed by atoms with Crippen molar-refractivity contribution >= 4 is 29.2 Å². The Hall–Kier alpha value is -3.86. The van der Waals surface area contributed by atoms with Crippen molar-refractivity contribution in [2.75, 3.05) is 35.4 Å². The number of methoxy groups -OCH3 is 1. The summed E-state index contributed by atoms with van der Waals surface area (Å²) in [6.45, 7) is -1.18. The van der Waals surface area contributed by atoms with Crippen LogP contribution in [-0.2, 0) is 13.0 Å². The largest absolute Gasteiger partial charge is 0.497 e. The summed E-state index contributed by atoms with van der Waals surface area (Å²) in [6.07, 6.45) is -2.57. The Morgan fingerprint density at radius 2 is 1.76 bits per heavy atom. The molecule has 1 aromatic heterocycles. The van der Waals surface area contributed by atoms with E-state index in [-0.39, 0.29) is 24.9 Å². The Bertz CT molecular complexity index is 1150. The number of aromatic nitrogens is 2. The molecule has 2 aromatic carbocycles. The lowest BCUT2D eigenvalue weighted by Gasteiger charge is -2.36. The average Bonchev–Trinajstić information content (AvgIpc) is 2.83. The van der Waals surface area contributed by atoms with Crippen LogP contribution >= 0.6 is 0 Å². The van der Waals surface area contributed by atoms with Crippen molar-refractivity contribution in [3.8, 4) is 5.75 Å². The monoisotopic (exact) mass is 473 g/mol. The summed E-state index contributed by atoms with van der Waals surface area (Å²) in [7, 11) is 1.54. The Balaban J connectivity index is 1.74. The van der Waals surface area contributed by atoms with E-state index in [9.17, 15) is 18.0 Å². The van der Waals surface area contributed by atoms with E-state index in [1.165, 1.54) is 16.0 Å². The van der Waals surface area contributed by atoms with Crippen LogP contribution < -0.4 is 19.9 Å². The zero-order valence-electron chi connectivity index (χ0n) is 18.2. The summed E-state index contributed by atoms with van der Waals surface area (Å²) < 4.78 is 43.2. The van der Waals surface area contributed by atoms with Gasteiger partial charge in [-0.05, 0) is 48.4 Å². The number of hydrogen-bond acceptors (Lipinski definition) is 6. The van der Waals surface area contributed by atoms with E-state index in [0.717, 1.165) is 5.56 Å². The van der Waals surface area contributed by atoms with E-state index in [0.29, 0.717) is 29.1 Å². The lowest BCUT2D eigenvalue weighted by Crippen LogP contribution is -2.45. The van der Waals surface area contributed by atoms with Gasteiger partial charge >= 0.3 is 12.2 Å². The van der Waals surface area contributed by atoms with E-state index in [1.54, 1.807) is 55.6 Å². The molecule has 0 bridgehead atoms. The van der Waals surface area contributed by atoms with Crippen LogP contribution in [0.5, 0.6) is 5.75 Å². The molecular formula is C23H22F3N5O3. The van der Waals surface area contributed by atoms with Crippen LogP contribution in [0.1, 0.15) is 11.1 Å². The summed E-state index contributed by atoms with van der Waals surface area (Å²) >= 11 is 0. The van der Waals surface area contributed by atoms with Crippen molar-refractivity contribution in [3.05, 3.63) is 65.9 Å². The number of benzene rings is 2. The van der Waals surface area contributed by atoms with E-state index < -0.39 is 18.8 Å². The van der Waals surface area contributed by atoms with Gasteiger partial charge in [-0.3, -0.25) is 4.90 Å². The number of fused-ring (bicyclic) bond motifs is 1. The molecule has 0 saturated heterocycles. The lowest BCUT2D eigenvalue weighted by molar-refractivity contribution is -0.115. The molecule has 0 unspecified atom stereocenters. The quantitative estimate of drug-likeness (QED) is 0.533. The van der Waals surface area contributed by atoms with Gasteiger partial charge in [-0.1, -0.05) is 12.1 Å². The predicted molar refractivity (Wildman–Crippen MR) is 121 cm³/mol. The molecule has 0 spiro atoms. The number of carbonyl (C=O) groups is 1. The first-order valence-corrected chi connectivity index (χ1v) is 10.4. The van der Waals surface area contributed by atoms with Gasteiger partial charge in [0, 0.05) is 24.1 Å². The number of nitrogens with one attached hydrogen (secondary N) is 1. The van der Waals surface area contributed by atoms with E-state index in [4.69, 9.17) is 9.84 Å². The molecule has 2 heterocycles. The van der Waals surface area contributed by atoms with Gasteiger partial charge in [0.25, 0.3) is 0 Å². The molecule has 1 aliphatic heterocycles. The fourth-order valence-corrected chi connectivity index (χ4v) is 3.55. The van der Waals surface area contributed by atoms with Gasteiger partial charge in [0.15, 0.2) is 5.82 Å². The average molecular weight is 473 g/mol. The third-order valence-corrected chi connectivity index (χ3v) is 5.23. The summed E-state index contributed by atoms with van der Waals surface area (Å²) in [5.41, 5.74) is 2.52. The fraction of sp³-hybridized carbons (Fsp3) is 0.261. The molecule has 0 saturated carbocycles. The number of alkyl halides is 3. The van der Waals surface area contributed by atoms with Crippen molar-refractivity contribution in [1.29, 1.82) is 0 Å². The van der Waals surface area contributed by atoms with Gasteiger partial charge in [-0.25, -0.2) is 14.7 Å². The molecular weight excluding hydrogens is 451 g/mol. The Labute approximate surface area is 193 Å². The molecule has 0 fully saturated rings. The Kier molecular flexibility index (Phi) is 6.55. The van der Waals surface area contributed by atoms with Crippen LogP contribution in [0.3, 0.4) is 0 Å². The highest BCUT2D eigenvalue weighted by Gasteiger charge is 2.35. The molecule has 0 atom stereocenters. The Morgan fingerprint density at radius 1 is 1.09 bits per heavy atom. The smallest absolute Gasteiger partial charge is 0.405 e. The predicted octanol–water partition coefficient (Wildman–Crippen LogP) is 4.27. The van der Waals surface area contributed by atoms with Crippen LogP contribution in [-0.4, -0.2) is 47.5 Å². The fourth-order valence-electron chi connectivity index (χ4n) is 3.55. The summed E-state index contributed by atoms with van der Waals surface area (Å²) in [5.74, 6) is 0.599. The maximum Gasteiger partial charge on any atom is 0.405 e. The molecule has 4 rings (SSSR count). The number of rotatable bonds is 7. The number of ether oxygens (including phenoxy) is 1. The molecule has 0 radical (unpaired) electrons. The normalized spacial score (nSPS) is 13.6. The number of nitrogens with zero attached hydrogens (tertiary/aromatic N) is 4. The SMILES string of the molecule is COc1ccc(N2Cc3cnc(NCC(F)(F)F)nc3N(c3ccc(CCO)cc3)C2=O)cc1. The van der Waals surface area contributed by atoms with Crippen molar-refractivity contribution in [2.45, 2.75) is 19.1 Å². The number of aliphatic hydroxyl groups is 1. The molecule has 1 aliphatic rings. The first kappa shape index (κ1) is 23.3. The maximum absolute atomic E-state index is 13.6. The van der Waals surface area contributed by atoms with Gasteiger partial charge in [0.05, 0.1) is 19.3 Å². The van der Waals surface area contributed by atoms with Crippen LogP contribution in [0, 0.1) is 0 Å². The number of amides is 2. The number of urea groups is 1. The minimum absolute atomic E-state index is 0.0163. The van der Waals surface area contributed by atoms with Crippen molar-refractivity contribution in [1.82, 2.24) is 9.97 Å². The summed E-state index contributed by atoms with van der Waals surface area (Å²) in [4.78, 5) is 24.7. The second-order valence-electron chi connectivity index (χ2n) is 7.55. The zero-order valence-corrected chi connectivity index (χ0v) is 18.2. The van der Waals surface area contributed by atoms with E-state index >= 15 is 0 Å². The van der Waals surface area contributed by atoms with Gasteiger partial charge in [-0.2, -0.15) is 18.2 Å². The minimum Gasteiger partial charge on any atom is -0.497 e. The van der Waals surface area contributed by atoms with Crippen LogP contribution in [0.15, 0.2) is 54.7 Å². The van der Waals surface area contributed by atoms with Crippen molar-refractivity contribution < 1.29 is 27.8 Å². The van der Waals surface area contributed by atoms with Crippen LogP contribution in [0.25, 0.3) is 0 Å². The molecule has 11 heteroatoms. The molecule has 34 heavy (non-hydrogen) atoms. The second kappa shape index (κ2) is 9.56. The lowest BCUT2D eigenvalue weighted by atomic mass is 10.1. The minimum atomic E-state index is -4.44. The molecule has 2 amide bonds. The first-order valence-electron chi connectivity index (χ1n) is 10.4. The second-order valence-corrected chi connectivity index (χ2v) is 7.55. The Morgan fingerprint density at radius 3 is 2.38 bits per heavy atom. The highest BCUT2D eigenvalue weighted by atomic mass is 19.4. The molecule has 0 aliphatic carbocycles. The van der Waals surface area contributed by atoms with Crippen molar-refractivity contribution in [2.24, 2.45) is 0 Å². The molecule has 2 N–H and O–H groups in total. The van der Waals surface area contributed by atoms with Gasteiger partial charge in [0.1, 0.15) is 12.3 Å². The summed E-state index contributed by atoms with van der Waals surface area (Å²) in [6, 6.07) is 13.5. The van der Waals surface area contributed by atoms with Crippen LogP contribution in [0.4, 0.5) is 41.1 Å². The standard InChI is InChI=1S/C23H22F3N5O3/c1-34-19-8-6-17(7-9-19)30-13-16-12-27-21(28-14-23(24,25)26)29-20(16)31(22(30)33)18-4-2-15(3-5-18)10-11-32/h2-9,12,32H,10-11,13-14H2,1H3,(H,27,28,29). The first-order chi connectivity index (χ1) is 16.3. The number of anilines is 4. The number of halogens is 3. The highest BCUT2D eigenvalue weighted by Crippen LogP contribution is 2.36. The van der Waals surface area contributed by atoms with E-state index in [1.807, 2.05) is 0 Å². The van der Waals surface area contributed by atoms with E-state index in [2.05, 4.69) is 15.3 Å². The number of aliphatic hydroxyl groups excluding tert-OH is 1. The number of carbonyl (C=O) groups excluding carboxylic acids is 1. The third-order valence-electron chi connectivity index (χ3n) is 5.23. The third kappa shape index (κ3) is 5.04. The molecule has 8 nitrogen and oxygen atoms in total. The molecule has 178 valence electrons. The topological polar surface area (TPSA) is 90.8 Å². The highest BCUT2D eigenvalue weighted by molar-refractivity contribution is 6.10. The van der Waals surface area contributed by atoms with Gasteiger partial charge in [-0.15, -0.1) is 0 Å². The summed E-state index contributed by atoms with van der Waals surface area (Å²) in [5, 5.41) is 11.3. The van der Waals surface area contributed by atoms with Gasteiger partial charge < -0.3 is 15.2 Å². The molecule has 3 aromatic rings. The van der Waals surface area contributed by atoms with Crippen LogP contribution in [0.2, 0.25) is 0 Å².